The lowest BCUT2D eigenvalue weighted by atomic mass is 10.00. The molecule has 0 atom stereocenters. The van der Waals surface area contributed by atoms with Gasteiger partial charge in [0.2, 0.25) is 15.9 Å². The number of anilines is 2. The van der Waals surface area contributed by atoms with Gasteiger partial charge < -0.3 is 4.90 Å². The molecule has 0 saturated carbocycles. The second-order valence-electron chi connectivity index (χ2n) is 5.94. The number of fused-ring (bicyclic) bond motifs is 1. The second-order valence-corrected chi connectivity index (χ2v) is 8.18. The molecule has 0 unspecified atom stereocenters. The molecule has 0 aliphatic carbocycles. The van der Waals surface area contributed by atoms with Gasteiger partial charge in [0.25, 0.3) is 0 Å². The molecule has 0 radical (unpaired) electrons. The van der Waals surface area contributed by atoms with E-state index in [4.69, 9.17) is 0 Å². The fourth-order valence-corrected chi connectivity index (χ4v) is 3.16. The Morgan fingerprint density at radius 3 is 2.64 bits per heavy atom. The quantitative estimate of drug-likeness (QED) is 0.875. The highest BCUT2D eigenvalue weighted by molar-refractivity contribution is 7.93. The lowest BCUT2D eigenvalue weighted by Crippen LogP contribution is -2.35. The summed E-state index contributed by atoms with van der Waals surface area (Å²) in [6.45, 7) is 6.11. The van der Waals surface area contributed by atoms with Crippen LogP contribution in [0.1, 0.15) is 45.6 Å². The Bertz CT molecular complexity index is 653. The molecule has 1 amide bonds. The minimum absolute atomic E-state index is 0.150. The fourth-order valence-electron chi connectivity index (χ4n) is 2.47. The maximum atomic E-state index is 12.1. The van der Waals surface area contributed by atoms with Gasteiger partial charge in [-0.1, -0.05) is 13.3 Å². The number of carbonyl (C=O) groups is 1. The predicted molar refractivity (Wildman–Crippen MR) is 89.7 cm³/mol. The Kier molecular flexibility index (Phi) is 5.11. The van der Waals surface area contributed by atoms with Crippen LogP contribution in [-0.4, -0.2) is 26.1 Å². The van der Waals surface area contributed by atoms with Crippen LogP contribution < -0.4 is 9.62 Å². The summed E-state index contributed by atoms with van der Waals surface area (Å²) >= 11 is 0. The van der Waals surface area contributed by atoms with Crippen LogP contribution in [0.4, 0.5) is 11.4 Å². The Labute approximate surface area is 132 Å². The molecule has 0 aromatic heterocycles. The fraction of sp³-hybridized carbons (Fsp3) is 0.562. The molecule has 1 aromatic rings. The molecule has 0 spiro atoms. The molecular weight excluding hydrogens is 300 g/mol. The number of hydrogen-bond acceptors (Lipinski definition) is 3. The van der Waals surface area contributed by atoms with Crippen LogP contribution in [0.5, 0.6) is 0 Å². The Balaban J connectivity index is 2.26. The van der Waals surface area contributed by atoms with E-state index in [2.05, 4.69) is 11.6 Å². The molecular formula is C16H24N2O3S. The van der Waals surface area contributed by atoms with Gasteiger partial charge in [-0.15, -0.1) is 0 Å². The third kappa shape index (κ3) is 3.61. The van der Waals surface area contributed by atoms with E-state index in [0.717, 1.165) is 30.6 Å². The molecule has 1 N–H and O–H groups in total. The number of nitrogens with zero attached hydrogens (tertiary/aromatic N) is 1. The van der Waals surface area contributed by atoms with Gasteiger partial charge in [0.05, 0.1) is 5.25 Å². The molecule has 0 fully saturated rings. The van der Waals surface area contributed by atoms with Crippen molar-refractivity contribution in [1.29, 1.82) is 0 Å². The highest BCUT2D eigenvalue weighted by Gasteiger charge is 2.24. The standard InChI is InChI=1S/C16H24N2O3S/c1-4-5-10-18-15-8-7-14(17-22(20,21)12(2)3)11-13(15)6-9-16(18)19/h7-8,11-12,17H,4-6,9-10H2,1-3H3. The molecule has 1 aliphatic rings. The van der Waals surface area contributed by atoms with E-state index >= 15 is 0 Å². The van der Waals surface area contributed by atoms with E-state index in [1.54, 1.807) is 19.9 Å². The van der Waals surface area contributed by atoms with Crippen LogP contribution in [-0.2, 0) is 21.2 Å². The summed E-state index contributed by atoms with van der Waals surface area (Å²) in [6, 6.07) is 5.43. The smallest absolute Gasteiger partial charge is 0.235 e. The van der Waals surface area contributed by atoms with Crippen molar-refractivity contribution in [2.45, 2.75) is 51.7 Å². The zero-order chi connectivity index (χ0) is 16.3. The number of benzene rings is 1. The normalized spacial score (nSPS) is 15.1. The maximum Gasteiger partial charge on any atom is 0.235 e. The molecule has 0 bridgehead atoms. The van der Waals surface area contributed by atoms with Crippen LogP contribution in [0.15, 0.2) is 18.2 Å². The Morgan fingerprint density at radius 1 is 1.27 bits per heavy atom. The predicted octanol–water partition coefficient (Wildman–Crippen LogP) is 2.92. The third-order valence-electron chi connectivity index (χ3n) is 3.90. The lowest BCUT2D eigenvalue weighted by molar-refractivity contribution is -0.118. The molecule has 5 nitrogen and oxygen atoms in total. The average Bonchev–Trinajstić information content (AvgIpc) is 2.46. The monoisotopic (exact) mass is 324 g/mol. The van der Waals surface area contributed by atoms with Crippen molar-refractivity contribution in [2.24, 2.45) is 0 Å². The first-order chi connectivity index (χ1) is 10.3. The summed E-state index contributed by atoms with van der Waals surface area (Å²) in [6.07, 6.45) is 3.14. The molecule has 122 valence electrons. The van der Waals surface area contributed by atoms with Gasteiger partial charge in [0, 0.05) is 24.3 Å². The van der Waals surface area contributed by atoms with Gasteiger partial charge in [-0.3, -0.25) is 9.52 Å². The number of rotatable bonds is 6. The number of hydrogen-bond donors (Lipinski definition) is 1. The van der Waals surface area contributed by atoms with Gasteiger partial charge in [-0.05, 0) is 50.5 Å². The third-order valence-corrected chi connectivity index (χ3v) is 5.66. The first kappa shape index (κ1) is 16.8. The van der Waals surface area contributed by atoms with Crippen LogP contribution in [0.2, 0.25) is 0 Å². The molecule has 22 heavy (non-hydrogen) atoms. The van der Waals surface area contributed by atoms with Crippen molar-refractivity contribution in [3.63, 3.8) is 0 Å². The van der Waals surface area contributed by atoms with Crippen LogP contribution in [0.3, 0.4) is 0 Å². The lowest BCUT2D eigenvalue weighted by Gasteiger charge is -2.30. The molecule has 0 saturated heterocycles. The summed E-state index contributed by atoms with van der Waals surface area (Å²) in [5.74, 6) is 0.150. The molecule has 1 aliphatic heterocycles. The highest BCUT2D eigenvalue weighted by atomic mass is 32.2. The number of amides is 1. The van der Waals surface area contributed by atoms with Gasteiger partial charge in [0.1, 0.15) is 0 Å². The van der Waals surface area contributed by atoms with Gasteiger partial charge >= 0.3 is 0 Å². The van der Waals surface area contributed by atoms with Crippen molar-refractivity contribution < 1.29 is 13.2 Å². The number of unbranched alkanes of at least 4 members (excludes halogenated alkanes) is 1. The van der Waals surface area contributed by atoms with Crippen LogP contribution in [0.25, 0.3) is 0 Å². The van der Waals surface area contributed by atoms with Gasteiger partial charge in [-0.2, -0.15) is 0 Å². The minimum Gasteiger partial charge on any atom is -0.312 e. The van der Waals surface area contributed by atoms with E-state index in [0.29, 0.717) is 18.5 Å². The Hall–Kier alpha value is -1.56. The van der Waals surface area contributed by atoms with E-state index in [1.807, 2.05) is 17.0 Å². The maximum absolute atomic E-state index is 12.1. The Morgan fingerprint density at radius 2 is 2.00 bits per heavy atom. The average molecular weight is 324 g/mol. The van der Waals surface area contributed by atoms with Crippen molar-refractivity contribution >= 4 is 27.3 Å². The van der Waals surface area contributed by atoms with E-state index in [1.165, 1.54) is 0 Å². The summed E-state index contributed by atoms with van der Waals surface area (Å²) in [5.41, 5.74) is 2.51. The minimum atomic E-state index is -3.35. The van der Waals surface area contributed by atoms with E-state index in [9.17, 15) is 13.2 Å². The van der Waals surface area contributed by atoms with Crippen molar-refractivity contribution in [2.75, 3.05) is 16.2 Å². The van der Waals surface area contributed by atoms with Crippen molar-refractivity contribution in [1.82, 2.24) is 0 Å². The summed E-state index contributed by atoms with van der Waals surface area (Å²) in [7, 11) is -3.35. The van der Waals surface area contributed by atoms with Crippen LogP contribution in [0, 0.1) is 0 Å². The number of sulfonamides is 1. The highest BCUT2D eigenvalue weighted by Crippen LogP contribution is 2.31. The topological polar surface area (TPSA) is 66.5 Å². The van der Waals surface area contributed by atoms with Gasteiger partial charge in [0.15, 0.2) is 0 Å². The van der Waals surface area contributed by atoms with Crippen molar-refractivity contribution in [3.8, 4) is 0 Å². The number of carbonyl (C=O) groups excluding carboxylic acids is 1. The zero-order valence-electron chi connectivity index (χ0n) is 13.4. The first-order valence-corrected chi connectivity index (χ1v) is 9.34. The zero-order valence-corrected chi connectivity index (χ0v) is 14.2. The van der Waals surface area contributed by atoms with Gasteiger partial charge in [-0.25, -0.2) is 8.42 Å². The molecule has 1 aromatic carbocycles. The number of nitrogens with one attached hydrogen (secondary N) is 1. The molecule has 6 heteroatoms. The largest absolute Gasteiger partial charge is 0.312 e. The second kappa shape index (κ2) is 6.69. The summed E-state index contributed by atoms with van der Waals surface area (Å²) in [5, 5.41) is -0.480. The number of aryl methyl sites for hydroxylation is 1. The summed E-state index contributed by atoms with van der Waals surface area (Å²) in [4.78, 5) is 13.9. The molecule has 1 heterocycles. The van der Waals surface area contributed by atoms with E-state index in [-0.39, 0.29) is 5.91 Å². The summed E-state index contributed by atoms with van der Waals surface area (Å²) < 4.78 is 26.5. The molecule has 2 rings (SSSR count). The first-order valence-electron chi connectivity index (χ1n) is 7.80. The van der Waals surface area contributed by atoms with E-state index < -0.39 is 15.3 Å². The van der Waals surface area contributed by atoms with Crippen molar-refractivity contribution in [3.05, 3.63) is 23.8 Å². The van der Waals surface area contributed by atoms with Crippen LogP contribution >= 0.6 is 0 Å². The SMILES string of the molecule is CCCCN1C(=O)CCc2cc(NS(=O)(=O)C(C)C)ccc21.